The van der Waals surface area contributed by atoms with E-state index < -0.39 is 0 Å². The predicted molar refractivity (Wildman–Crippen MR) is 93.0 cm³/mol. The highest BCUT2D eigenvalue weighted by Gasteiger charge is 2.18. The molecule has 24 heavy (non-hydrogen) atoms. The molecule has 1 aromatic carbocycles. The molecule has 1 aliphatic rings. The van der Waals surface area contributed by atoms with Gasteiger partial charge >= 0.3 is 0 Å². The number of hydrogen-bond acceptors (Lipinski definition) is 4. The lowest BCUT2D eigenvalue weighted by atomic mass is 10.00. The Morgan fingerprint density at radius 2 is 1.92 bits per heavy atom. The molecule has 1 amide bonds. The molecular formula is C18H25N5O. The number of carbonyl (C=O) groups excluding carboxylic acids is 1. The number of nitrogens with one attached hydrogen (secondary N) is 2. The number of carbonyl (C=O) groups is 1. The van der Waals surface area contributed by atoms with Crippen molar-refractivity contribution in [3.63, 3.8) is 0 Å². The summed E-state index contributed by atoms with van der Waals surface area (Å²) < 4.78 is 1.83. The lowest BCUT2D eigenvalue weighted by molar-refractivity contribution is 0.0945. The molecule has 1 aliphatic heterocycles. The summed E-state index contributed by atoms with van der Waals surface area (Å²) in [6.07, 6.45) is 3.80. The number of rotatable bonds is 4. The van der Waals surface area contributed by atoms with Gasteiger partial charge in [-0.05, 0) is 63.4 Å². The van der Waals surface area contributed by atoms with Crippen molar-refractivity contribution in [3.05, 3.63) is 46.3 Å². The van der Waals surface area contributed by atoms with Crippen LogP contribution in [0.3, 0.4) is 0 Å². The number of hydrogen-bond donors (Lipinski definition) is 2. The minimum Gasteiger partial charge on any atom is -0.346 e. The van der Waals surface area contributed by atoms with Gasteiger partial charge in [0, 0.05) is 6.54 Å². The van der Waals surface area contributed by atoms with E-state index >= 15 is 0 Å². The van der Waals surface area contributed by atoms with Crippen LogP contribution in [-0.2, 0) is 6.54 Å². The molecule has 6 nitrogen and oxygen atoms in total. The second kappa shape index (κ2) is 7.13. The first-order valence-corrected chi connectivity index (χ1v) is 8.52. The van der Waals surface area contributed by atoms with E-state index in [1.807, 2.05) is 4.68 Å². The molecule has 0 saturated carbocycles. The number of aryl methyl sites for hydroxylation is 3. The van der Waals surface area contributed by atoms with E-state index in [0.29, 0.717) is 18.3 Å². The van der Waals surface area contributed by atoms with Crippen molar-refractivity contribution >= 4 is 5.91 Å². The molecule has 2 N–H and O–H groups in total. The van der Waals surface area contributed by atoms with E-state index in [2.05, 4.69) is 53.8 Å². The predicted octanol–water partition coefficient (Wildman–Crippen LogP) is 2.06. The summed E-state index contributed by atoms with van der Waals surface area (Å²) in [5.74, 6) is -0.172. The fourth-order valence-electron chi connectivity index (χ4n) is 3.38. The maximum absolute atomic E-state index is 12.4. The molecule has 2 heterocycles. The molecule has 1 saturated heterocycles. The van der Waals surface area contributed by atoms with Gasteiger partial charge in [-0.15, -0.1) is 5.10 Å². The van der Waals surface area contributed by atoms with Crippen molar-refractivity contribution in [3.8, 4) is 0 Å². The van der Waals surface area contributed by atoms with Crippen LogP contribution >= 0.6 is 0 Å². The van der Waals surface area contributed by atoms with Gasteiger partial charge < -0.3 is 10.6 Å². The number of nitrogens with zero attached hydrogens (tertiary/aromatic N) is 3. The summed E-state index contributed by atoms with van der Waals surface area (Å²) in [6, 6.07) is 4.62. The highest BCUT2D eigenvalue weighted by Crippen LogP contribution is 2.18. The molecule has 6 heteroatoms. The molecule has 3 rings (SSSR count). The second-order valence-corrected chi connectivity index (χ2v) is 6.62. The summed E-state index contributed by atoms with van der Waals surface area (Å²) in [7, 11) is 0. The van der Waals surface area contributed by atoms with E-state index in [0.717, 1.165) is 25.9 Å². The van der Waals surface area contributed by atoms with Crippen LogP contribution in [0.4, 0.5) is 0 Å². The van der Waals surface area contributed by atoms with Gasteiger partial charge in [0.25, 0.3) is 5.91 Å². The van der Waals surface area contributed by atoms with Crippen molar-refractivity contribution in [2.75, 3.05) is 13.1 Å². The fourth-order valence-corrected chi connectivity index (χ4v) is 3.38. The van der Waals surface area contributed by atoms with Gasteiger partial charge in [0.05, 0.1) is 12.2 Å². The molecule has 1 aromatic heterocycles. The molecule has 0 bridgehead atoms. The van der Waals surface area contributed by atoms with Gasteiger partial charge in [-0.1, -0.05) is 22.9 Å². The minimum atomic E-state index is -0.172. The van der Waals surface area contributed by atoms with Crippen molar-refractivity contribution in [2.24, 2.45) is 0 Å². The normalized spacial score (nSPS) is 15.5. The second-order valence-electron chi connectivity index (χ2n) is 6.62. The van der Waals surface area contributed by atoms with Crippen LogP contribution in [0, 0.1) is 20.8 Å². The summed E-state index contributed by atoms with van der Waals surface area (Å²) >= 11 is 0. The zero-order valence-electron chi connectivity index (χ0n) is 14.6. The maximum Gasteiger partial charge on any atom is 0.273 e. The average Bonchev–Trinajstić information content (AvgIpc) is 3.04. The molecule has 1 fully saturated rings. The Morgan fingerprint density at radius 1 is 1.25 bits per heavy atom. The molecule has 0 aliphatic carbocycles. The first-order valence-electron chi connectivity index (χ1n) is 8.52. The highest BCUT2D eigenvalue weighted by molar-refractivity contribution is 5.91. The summed E-state index contributed by atoms with van der Waals surface area (Å²) in [6.45, 7) is 8.72. The molecule has 0 radical (unpaired) electrons. The van der Waals surface area contributed by atoms with Gasteiger partial charge in [-0.25, -0.2) is 4.68 Å². The Balaban J connectivity index is 1.64. The van der Waals surface area contributed by atoms with Crippen LogP contribution in [-0.4, -0.2) is 34.0 Å². The third kappa shape index (κ3) is 3.64. The van der Waals surface area contributed by atoms with Gasteiger partial charge in [-0.3, -0.25) is 4.79 Å². The molecule has 0 atom stereocenters. The van der Waals surface area contributed by atoms with Crippen molar-refractivity contribution in [2.45, 2.75) is 46.2 Å². The van der Waals surface area contributed by atoms with Gasteiger partial charge in [0.2, 0.25) is 0 Å². The standard InChI is InChI=1S/C18H25N5O/c1-12-8-13(2)16(14(3)9-12)10-20-18(24)17-11-23(22-21-17)15-4-6-19-7-5-15/h8-9,11,15,19H,4-7,10H2,1-3H3,(H,20,24). The lowest BCUT2D eigenvalue weighted by Crippen LogP contribution is -2.29. The topological polar surface area (TPSA) is 71.8 Å². The quantitative estimate of drug-likeness (QED) is 0.902. The number of benzene rings is 1. The average molecular weight is 327 g/mol. The van der Waals surface area contributed by atoms with E-state index in [-0.39, 0.29) is 5.91 Å². The summed E-state index contributed by atoms with van der Waals surface area (Å²) in [5, 5.41) is 14.5. The van der Waals surface area contributed by atoms with Crippen LogP contribution in [0.25, 0.3) is 0 Å². The van der Waals surface area contributed by atoms with E-state index in [9.17, 15) is 4.79 Å². The third-order valence-electron chi connectivity index (χ3n) is 4.69. The van der Waals surface area contributed by atoms with Crippen molar-refractivity contribution in [1.82, 2.24) is 25.6 Å². The minimum absolute atomic E-state index is 0.172. The van der Waals surface area contributed by atoms with Crippen LogP contribution in [0.1, 0.15) is 51.6 Å². The van der Waals surface area contributed by atoms with Crippen LogP contribution in [0.5, 0.6) is 0 Å². The zero-order chi connectivity index (χ0) is 17.1. The Bertz CT molecular complexity index is 708. The SMILES string of the molecule is Cc1cc(C)c(CNC(=O)c2cn(C3CCNCC3)nn2)c(C)c1. The van der Waals surface area contributed by atoms with Crippen molar-refractivity contribution < 1.29 is 4.79 Å². The summed E-state index contributed by atoms with van der Waals surface area (Å²) in [5.41, 5.74) is 5.19. The first-order chi connectivity index (χ1) is 11.5. The lowest BCUT2D eigenvalue weighted by Gasteiger charge is -2.22. The summed E-state index contributed by atoms with van der Waals surface area (Å²) in [4.78, 5) is 12.4. The molecule has 128 valence electrons. The van der Waals surface area contributed by atoms with Crippen LogP contribution in [0.15, 0.2) is 18.3 Å². The third-order valence-corrected chi connectivity index (χ3v) is 4.69. The monoisotopic (exact) mass is 327 g/mol. The molecular weight excluding hydrogens is 302 g/mol. The Kier molecular flexibility index (Phi) is 4.94. The Labute approximate surface area is 142 Å². The highest BCUT2D eigenvalue weighted by atomic mass is 16.2. The number of amides is 1. The van der Waals surface area contributed by atoms with E-state index in [4.69, 9.17) is 0 Å². The number of aromatic nitrogens is 3. The smallest absolute Gasteiger partial charge is 0.273 e. The molecule has 0 unspecified atom stereocenters. The largest absolute Gasteiger partial charge is 0.346 e. The van der Waals surface area contributed by atoms with Crippen molar-refractivity contribution in [1.29, 1.82) is 0 Å². The van der Waals surface area contributed by atoms with E-state index in [1.165, 1.54) is 22.3 Å². The van der Waals surface area contributed by atoms with Crippen LogP contribution in [0.2, 0.25) is 0 Å². The Hall–Kier alpha value is -2.21. The van der Waals surface area contributed by atoms with Crippen LogP contribution < -0.4 is 10.6 Å². The molecule has 2 aromatic rings. The Morgan fingerprint density at radius 3 is 2.58 bits per heavy atom. The van der Waals surface area contributed by atoms with Gasteiger partial charge in [-0.2, -0.15) is 0 Å². The maximum atomic E-state index is 12.4. The fraction of sp³-hybridized carbons (Fsp3) is 0.500. The zero-order valence-corrected chi connectivity index (χ0v) is 14.6. The van der Waals surface area contributed by atoms with E-state index in [1.54, 1.807) is 6.20 Å². The van der Waals surface area contributed by atoms with Gasteiger partial charge in [0.1, 0.15) is 0 Å². The molecule has 0 spiro atoms. The van der Waals surface area contributed by atoms with Gasteiger partial charge in [0.15, 0.2) is 5.69 Å². The number of piperidine rings is 1. The first kappa shape index (κ1) is 16.6.